The Kier molecular flexibility index (Phi) is 36.9. The van der Waals surface area contributed by atoms with Crippen molar-refractivity contribution in [3.63, 3.8) is 0 Å². The number of para-hydroxylation sites is 1. The molecule has 8 rings (SSSR count). The second-order valence-electron chi connectivity index (χ2n) is 31.7. The van der Waals surface area contributed by atoms with Gasteiger partial charge in [0.1, 0.15) is 90.0 Å². The van der Waals surface area contributed by atoms with Crippen molar-refractivity contribution in [3.8, 4) is 11.5 Å². The standard InChI is InChI=1S/C85H110N20O23/c1-44(2)31-59(77(119)101-62(35-51-38-89-57-16-10-9-15-55(51)57)78(120)103-65(42-106)80(122)100-61(76(118)95-47(5)85(127)128)33-49-19-23-53(107)24-20-49)98-72(114)45(3)93-82(124)67-18-12-30-105(67)84(126)64(34-50-21-25-54(108)26-22-50)102-79(121)63(37-68(87)109)97-70(111)41-91-81(123)66-17-11-29-104(66)83(125)46(4)94-75(117)60(32-48-13-7-6-8-14-48)99-74(116)58(27-28-71(112)113)96-69(110)40-90-73(115)56(86)36-52-39-88-43-92-52/h6-10,13-16,19-26,38-39,43-47,56,58-67,89,106-108H,11-12,17-18,27-37,40-42,86H2,1-5H3,(H2,87,109)(H,88,92)(H,90,115)(H,91,123)(H,93,124)(H,94,117)(H,95,118)(H,96,110)(H,97,111)(H,98,114)(H,99,116)(H,100,122)(H,101,119)(H,102,121)(H,103,120)(H,112,113)(H,127,128). The maximum Gasteiger partial charge on any atom is 0.325 e. The predicted octanol–water partition coefficient (Wildman–Crippen LogP) is -4.39. The number of carbonyl (C=O) groups is 18. The molecule has 0 saturated carbocycles. The van der Waals surface area contributed by atoms with Crippen molar-refractivity contribution >= 4 is 117 Å². The molecule has 0 radical (unpaired) electrons. The molecule has 24 N–H and O–H groups in total. The van der Waals surface area contributed by atoms with Crippen LogP contribution in [0.25, 0.3) is 10.9 Å². The summed E-state index contributed by atoms with van der Waals surface area (Å²) in [5.41, 5.74) is 14.6. The number of H-pyrrole nitrogens is 2. The highest BCUT2D eigenvalue weighted by atomic mass is 16.4. The number of aromatic amines is 2. The van der Waals surface area contributed by atoms with Gasteiger partial charge in [-0.15, -0.1) is 0 Å². The average Bonchev–Trinajstić information content (AvgIpc) is 1.56. The van der Waals surface area contributed by atoms with E-state index in [9.17, 15) is 112 Å². The Bertz CT molecular complexity index is 4960. The van der Waals surface area contributed by atoms with Crippen LogP contribution in [0.4, 0.5) is 0 Å². The fourth-order valence-corrected chi connectivity index (χ4v) is 14.4. The van der Waals surface area contributed by atoms with E-state index in [4.69, 9.17) is 11.5 Å². The van der Waals surface area contributed by atoms with Gasteiger partial charge in [0, 0.05) is 80.6 Å². The lowest BCUT2D eigenvalue weighted by Gasteiger charge is -2.30. The van der Waals surface area contributed by atoms with Gasteiger partial charge in [0.25, 0.3) is 0 Å². The number of primary amides is 1. The minimum atomic E-state index is -1.82. The zero-order chi connectivity index (χ0) is 93.6. The van der Waals surface area contributed by atoms with E-state index in [-0.39, 0.29) is 94.7 Å². The smallest absolute Gasteiger partial charge is 0.325 e. The quantitative estimate of drug-likeness (QED) is 0.0172. The van der Waals surface area contributed by atoms with Gasteiger partial charge >= 0.3 is 11.9 Å². The van der Waals surface area contributed by atoms with Crippen molar-refractivity contribution in [1.82, 2.24) is 93.9 Å². The molecule has 688 valence electrons. The summed E-state index contributed by atoms with van der Waals surface area (Å²) in [6, 6.07) is 5.76. The number of carbonyl (C=O) groups excluding carboxylic acids is 16. The molecule has 14 atom stereocenters. The topological polar surface area (TPSA) is 668 Å². The number of phenols is 2. The van der Waals surface area contributed by atoms with Gasteiger partial charge in [-0.05, 0) is 118 Å². The number of rotatable bonds is 47. The number of aliphatic hydroxyl groups is 1. The Morgan fingerprint density at radius 1 is 0.469 bits per heavy atom. The average molecular weight is 1780 g/mol. The Labute approximate surface area is 734 Å². The van der Waals surface area contributed by atoms with Crippen molar-refractivity contribution in [2.24, 2.45) is 17.4 Å². The lowest BCUT2D eigenvalue weighted by atomic mass is 10.00. The number of aromatic hydroxyl groups is 2. The van der Waals surface area contributed by atoms with Gasteiger partial charge in [-0.3, -0.25) is 86.3 Å². The summed E-state index contributed by atoms with van der Waals surface area (Å²) in [5, 5.41) is 82.7. The number of nitrogens with two attached hydrogens (primary N) is 2. The SMILES string of the molecule is CC(C)CC(NC(=O)C(C)NC(=O)C1CCCN1C(=O)C(Cc1ccc(O)cc1)NC(=O)C(CC(N)=O)NC(=O)CNC(=O)C1CCCN1C(=O)C(C)NC(=O)C(Cc1ccccc1)NC(=O)C(CCC(=O)O)NC(=O)CNC(=O)C(N)Cc1cnc[nH]1)C(=O)NC(Cc1c[nH]c2ccccc12)C(=O)NC(CO)C(=O)NC(Cc1ccc(O)cc1)C(=O)NC(C)C(=O)O. The molecule has 43 heteroatoms. The predicted molar refractivity (Wildman–Crippen MR) is 455 cm³/mol. The number of hydrogen-bond acceptors (Lipinski definition) is 23. The third kappa shape index (κ3) is 29.9. The molecular formula is C85H110N20O23. The summed E-state index contributed by atoms with van der Waals surface area (Å²) < 4.78 is 0. The second-order valence-corrected chi connectivity index (χ2v) is 31.7. The van der Waals surface area contributed by atoms with E-state index < -0.39 is 230 Å². The van der Waals surface area contributed by atoms with E-state index >= 15 is 0 Å². The van der Waals surface area contributed by atoms with Gasteiger partial charge in [-0.25, -0.2) is 4.98 Å². The first-order chi connectivity index (χ1) is 60.8. The van der Waals surface area contributed by atoms with Crippen LogP contribution in [0.3, 0.4) is 0 Å². The van der Waals surface area contributed by atoms with Crippen LogP contribution in [-0.2, 0) is 118 Å². The fraction of sp³-hybridized carbons (Fsp3) is 0.447. The first kappa shape index (κ1) is 99.0. The Morgan fingerprint density at radius 3 is 1.51 bits per heavy atom. The molecule has 2 aliphatic heterocycles. The minimum absolute atomic E-state index is 0.00716. The maximum absolute atomic E-state index is 15.0. The molecule has 43 nitrogen and oxygen atoms in total. The van der Waals surface area contributed by atoms with Gasteiger partial charge in [0.15, 0.2) is 0 Å². The number of nitrogens with one attached hydrogen (secondary N) is 15. The lowest BCUT2D eigenvalue weighted by Crippen LogP contribution is -2.61. The molecule has 16 amide bonds. The molecule has 4 aromatic carbocycles. The molecule has 14 unspecified atom stereocenters. The van der Waals surface area contributed by atoms with Crippen LogP contribution in [0.5, 0.6) is 11.5 Å². The Balaban J connectivity index is 0.890. The number of aromatic nitrogens is 3. The van der Waals surface area contributed by atoms with Crippen LogP contribution in [0.15, 0.2) is 122 Å². The number of phenolic OH excluding ortho intramolecular Hbond substituents is 2. The summed E-state index contributed by atoms with van der Waals surface area (Å²) in [4.78, 5) is 259. The summed E-state index contributed by atoms with van der Waals surface area (Å²) in [6.07, 6.45) is 2.10. The third-order valence-corrected chi connectivity index (χ3v) is 21.2. The third-order valence-electron chi connectivity index (χ3n) is 21.2. The van der Waals surface area contributed by atoms with Crippen molar-refractivity contribution in [2.45, 2.75) is 203 Å². The number of benzene rings is 4. The number of aliphatic hydroxyl groups excluding tert-OH is 1. The van der Waals surface area contributed by atoms with Crippen LogP contribution >= 0.6 is 0 Å². The van der Waals surface area contributed by atoms with E-state index in [1.54, 1.807) is 74.6 Å². The summed E-state index contributed by atoms with van der Waals surface area (Å²) in [6.45, 7) is 4.62. The molecule has 0 bridgehead atoms. The van der Waals surface area contributed by atoms with Crippen molar-refractivity contribution < 1.29 is 112 Å². The number of carboxylic acid groups (broad SMARTS) is 2. The van der Waals surface area contributed by atoms with E-state index in [1.807, 2.05) is 0 Å². The maximum atomic E-state index is 15.0. The van der Waals surface area contributed by atoms with Crippen molar-refractivity contribution in [3.05, 3.63) is 150 Å². The molecule has 128 heavy (non-hydrogen) atoms. The summed E-state index contributed by atoms with van der Waals surface area (Å²) >= 11 is 0. The van der Waals surface area contributed by atoms with Crippen LogP contribution in [0.1, 0.15) is 114 Å². The molecule has 2 aliphatic rings. The van der Waals surface area contributed by atoms with E-state index in [0.717, 1.165) is 9.80 Å². The fourth-order valence-electron chi connectivity index (χ4n) is 14.4. The number of aliphatic carboxylic acids is 2. The summed E-state index contributed by atoms with van der Waals surface area (Å²) in [7, 11) is 0. The second kappa shape index (κ2) is 47.6. The molecule has 4 heterocycles. The van der Waals surface area contributed by atoms with Crippen molar-refractivity contribution in [1.29, 1.82) is 0 Å². The number of imidazole rings is 1. The molecule has 2 saturated heterocycles. The largest absolute Gasteiger partial charge is 0.508 e. The molecular weight excluding hydrogens is 1670 g/mol. The number of hydrogen-bond donors (Lipinski definition) is 22. The number of amides is 16. The molecule has 2 fully saturated rings. The van der Waals surface area contributed by atoms with Crippen LogP contribution in [-0.4, -0.2) is 274 Å². The molecule has 6 aromatic rings. The number of fused-ring (bicyclic) bond motifs is 1. The normalized spacial score (nSPS) is 16.3. The number of carboxylic acids is 2. The van der Waals surface area contributed by atoms with Crippen LogP contribution in [0.2, 0.25) is 0 Å². The summed E-state index contributed by atoms with van der Waals surface area (Å²) in [5.74, 6) is -18.3. The van der Waals surface area contributed by atoms with Gasteiger partial charge in [0.05, 0.1) is 38.5 Å². The lowest BCUT2D eigenvalue weighted by molar-refractivity contribution is -0.142. The zero-order valence-corrected chi connectivity index (χ0v) is 71.0. The number of nitrogens with zero attached hydrogens (tertiary/aromatic N) is 3. The molecule has 0 aliphatic carbocycles. The van der Waals surface area contributed by atoms with E-state index in [0.29, 0.717) is 38.9 Å². The monoisotopic (exact) mass is 1780 g/mol. The van der Waals surface area contributed by atoms with Gasteiger partial charge in [0.2, 0.25) is 94.5 Å². The Morgan fingerprint density at radius 2 is 0.945 bits per heavy atom. The van der Waals surface area contributed by atoms with E-state index in [1.165, 1.54) is 81.8 Å². The van der Waals surface area contributed by atoms with E-state index in [2.05, 4.69) is 84.1 Å². The highest BCUT2D eigenvalue weighted by Gasteiger charge is 2.43. The van der Waals surface area contributed by atoms with Gasteiger partial charge < -0.3 is 126 Å². The Hall–Kier alpha value is -14.4. The minimum Gasteiger partial charge on any atom is -0.508 e. The zero-order valence-electron chi connectivity index (χ0n) is 71.0. The van der Waals surface area contributed by atoms with Gasteiger partial charge in [-0.1, -0.05) is 86.6 Å². The molecule has 0 spiro atoms. The van der Waals surface area contributed by atoms with Crippen molar-refractivity contribution in [2.75, 3.05) is 32.8 Å². The van der Waals surface area contributed by atoms with Crippen LogP contribution in [0, 0.1) is 5.92 Å². The molecule has 2 aromatic heterocycles. The first-order valence-electron chi connectivity index (χ1n) is 41.5. The highest BCUT2D eigenvalue weighted by Crippen LogP contribution is 2.25. The van der Waals surface area contributed by atoms with Crippen LogP contribution < -0.4 is 80.6 Å². The first-order valence-corrected chi connectivity index (χ1v) is 41.5. The number of likely N-dealkylation sites (tertiary alicyclic amines) is 2. The van der Waals surface area contributed by atoms with Gasteiger partial charge in [-0.2, -0.15) is 0 Å². The highest BCUT2D eigenvalue weighted by molar-refractivity contribution is 6.02.